The lowest BCUT2D eigenvalue weighted by molar-refractivity contribution is -0.119. The second-order valence-electron chi connectivity index (χ2n) is 7.06. The summed E-state index contributed by atoms with van der Waals surface area (Å²) in [5, 5.41) is 3.07. The minimum atomic E-state index is -0.255. The van der Waals surface area contributed by atoms with E-state index >= 15 is 0 Å². The topological polar surface area (TPSA) is 91.8 Å². The Kier molecular flexibility index (Phi) is 5.96. The van der Waals surface area contributed by atoms with Gasteiger partial charge in [0.05, 0.1) is 12.3 Å². The molecule has 1 atom stereocenters. The Bertz CT molecular complexity index is 561. The molecule has 2 saturated heterocycles. The monoisotopic (exact) mass is 348 g/mol. The number of nitrogens with zero attached hydrogens (tertiary/aromatic N) is 2. The van der Waals surface area contributed by atoms with Crippen LogP contribution in [0.3, 0.4) is 0 Å². The van der Waals surface area contributed by atoms with Crippen molar-refractivity contribution in [2.75, 3.05) is 32.7 Å². The summed E-state index contributed by atoms with van der Waals surface area (Å²) in [6, 6.07) is 3.93. The summed E-state index contributed by atoms with van der Waals surface area (Å²) in [7, 11) is 0. The summed E-state index contributed by atoms with van der Waals surface area (Å²) in [6.07, 6.45) is 6.17. The zero-order chi connectivity index (χ0) is 17.6. The molecule has 25 heavy (non-hydrogen) atoms. The van der Waals surface area contributed by atoms with Crippen LogP contribution in [0.25, 0.3) is 0 Å². The summed E-state index contributed by atoms with van der Waals surface area (Å²) in [4.78, 5) is 27.7. The second kappa shape index (κ2) is 8.38. The Morgan fingerprint density at radius 2 is 1.96 bits per heavy atom. The van der Waals surface area contributed by atoms with Gasteiger partial charge < -0.3 is 20.4 Å². The molecule has 2 aliphatic heterocycles. The summed E-state index contributed by atoms with van der Waals surface area (Å²) < 4.78 is 5.59. The van der Waals surface area contributed by atoms with Gasteiger partial charge in [-0.05, 0) is 56.8 Å². The van der Waals surface area contributed by atoms with Gasteiger partial charge in [-0.3, -0.25) is 9.69 Å². The molecule has 3 rings (SSSR count). The summed E-state index contributed by atoms with van der Waals surface area (Å²) in [5.41, 5.74) is 5.26. The number of nitrogens with one attached hydrogen (secondary N) is 1. The van der Waals surface area contributed by atoms with Crippen molar-refractivity contribution < 1.29 is 14.0 Å². The number of nitrogens with two attached hydrogens (primary N) is 1. The highest BCUT2D eigenvalue weighted by Crippen LogP contribution is 2.25. The maximum Gasteiger partial charge on any atom is 0.317 e. The highest BCUT2D eigenvalue weighted by atomic mass is 16.3. The number of hydrogen-bond acceptors (Lipinski definition) is 4. The Morgan fingerprint density at radius 3 is 2.56 bits per heavy atom. The van der Waals surface area contributed by atoms with Crippen molar-refractivity contribution >= 4 is 11.9 Å². The van der Waals surface area contributed by atoms with E-state index in [1.54, 1.807) is 6.26 Å². The number of furan rings is 1. The Hall–Kier alpha value is -2.02. The van der Waals surface area contributed by atoms with Crippen LogP contribution in [0.4, 0.5) is 4.79 Å². The van der Waals surface area contributed by atoms with Gasteiger partial charge in [0.15, 0.2) is 0 Å². The quantitative estimate of drug-likeness (QED) is 0.819. The van der Waals surface area contributed by atoms with Crippen molar-refractivity contribution in [3.63, 3.8) is 0 Å². The number of likely N-dealkylation sites (tertiary alicyclic amines) is 2. The van der Waals surface area contributed by atoms with Crippen molar-refractivity contribution in [2.24, 2.45) is 11.7 Å². The molecule has 0 aliphatic carbocycles. The van der Waals surface area contributed by atoms with Crippen LogP contribution in [-0.2, 0) is 4.79 Å². The fraction of sp³-hybridized carbons (Fsp3) is 0.667. The van der Waals surface area contributed by atoms with E-state index in [-0.39, 0.29) is 18.0 Å². The molecular formula is C18H28N4O3. The minimum absolute atomic E-state index is 0.0340. The third-order valence-electron chi connectivity index (χ3n) is 5.29. The first-order valence-electron chi connectivity index (χ1n) is 9.22. The van der Waals surface area contributed by atoms with E-state index in [0.29, 0.717) is 32.0 Å². The predicted octanol–water partition coefficient (Wildman–Crippen LogP) is 1.71. The average molecular weight is 348 g/mol. The molecule has 7 nitrogen and oxygen atoms in total. The predicted molar refractivity (Wildman–Crippen MR) is 93.8 cm³/mol. The highest BCUT2D eigenvalue weighted by Gasteiger charge is 2.28. The van der Waals surface area contributed by atoms with E-state index in [2.05, 4.69) is 10.2 Å². The normalized spacial score (nSPS) is 20.6. The van der Waals surface area contributed by atoms with Crippen LogP contribution in [-0.4, -0.2) is 54.5 Å². The zero-order valence-corrected chi connectivity index (χ0v) is 14.7. The highest BCUT2D eigenvalue weighted by molar-refractivity contribution is 5.75. The van der Waals surface area contributed by atoms with E-state index < -0.39 is 0 Å². The number of carbonyl (C=O) groups excluding carboxylic acids is 2. The first-order valence-corrected chi connectivity index (χ1v) is 9.22. The van der Waals surface area contributed by atoms with E-state index in [1.807, 2.05) is 17.0 Å². The maximum absolute atomic E-state index is 12.5. The SMILES string of the molecule is NC(=O)CC1CCN(C(=O)NCC(c2ccco2)N2CCCC2)CC1. The number of piperidine rings is 1. The van der Waals surface area contributed by atoms with Crippen molar-refractivity contribution in [1.82, 2.24) is 15.1 Å². The van der Waals surface area contributed by atoms with Gasteiger partial charge >= 0.3 is 6.03 Å². The van der Waals surface area contributed by atoms with Crippen LogP contribution in [0, 0.1) is 5.92 Å². The number of amides is 3. The smallest absolute Gasteiger partial charge is 0.317 e. The summed E-state index contributed by atoms with van der Waals surface area (Å²) in [5.74, 6) is 0.958. The second-order valence-corrected chi connectivity index (χ2v) is 7.06. The number of urea groups is 1. The third kappa shape index (κ3) is 4.75. The zero-order valence-electron chi connectivity index (χ0n) is 14.7. The van der Waals surface area contributed by atoms with Crippen LogP contribution in [0.5, 0.6) is 0 Å². The van der Waals surface area contributed by atoms with E-state index in [1.165, 1.54) is 12.8 Å². The number of rotatable bonds is 6. The molecule has 0 bridgehead atoms. The van der Waals surface area contributed by atoms with Gasteiger partial charge in [0.25, 0.3) is 0 Å². The largest absolute Gasteiger partial charge is 0.468 e. The first-order chi connectivity index (χ1) is 12.1. The maximum atomic E-state index is 12.5. The first kappa shape index (κ1) is 17.8. The van der Waals surface area contributed by atoms with E-state index in [9.17, 15) is 9.59 Å². The van der Waals surface area contributed by atoms with Gasteiger partial charge in [0, 0.05) is 26.1 Å². The lowest BCUT2D eigenvalue weighted by atomic mass is 9.93. The number of carbonyl (C=O) groups is 2. The van der Waals surface area contributed by atoms with Gasteiger partial charge in [-0.15, -0.1) is 0 Å². The molecule has 3 N–H and O–H groups in total. The van der Waals surface area contributed by atoms with Crippen LogP contribution in [0.1, 0.15) is 43.9 Å². The van der Waals surface area contributed by atoms with Crippen LogP contribution in [0.2, 0.25) is 0 Å². The van der Waals surface area contributed by atoms with E-state index in [4.69, 9.17) is 10.2 Å². The lowest BCUT2D eigenvalue weighted by Crippen LogP contribution is -2.47. The molecule has 0 saturated carbocycles. The van der Waals surface area contributed by atoms with Gasteiger partial charge in [0.1, 0.15) is 5.76 Å². The molecule has 3 heterocycles. The van der Waals surface area contributed by atoms with Crippen molar-refractivity contribution in [3.8, 4) is 0 Å². The molecule has 0 aromatic carbocycles. The standard InChI is InChI=1S/C18H28N4O3/c19-17(23)12-14-5-9-22(10-6-14)18(24)20-13-15(16-4-3-11-25-16)21-7-1-2-8-21/h3-4,11,14-15H,1-2,5-10,12-13H2,(H2,19,23)(H,20,24). The molecule has 3 amide bonds. The summed E-state index contributed by atoms with van der Waals surface area (Å²) >= 11 is 0. The Balaban J connectivity index is 1.49. The van der Waals surface area contributed by atoms with Crippen LogP contribution < -0.4 is 11.1 Å². The Morgan fingerprint density at radius 1 is 1.24 bits per heavy atom. The molecule has 2 aliphatic rings. The van der Waals surface area contributed by atoms with Gasteiger partial charge in [-0.1, -0.05) is 0 Å². The molecule has 2 fully saturated rings. The molecule has 0 radical (unpaired) electrons. The van der Waals surface area contributed by atoms with E-state index in [0.717, 1.165) is 31.7 Å². The number of primary amides is 1. The fourth-order valence-electron chi connectivity index (χ4n) is 3.86. The van der Waals surface area contributed by atoms with Gasteiger partial charge in [-0.2, -0.15) is 0 Å². The van der Waals surface area contributed by atoms with Gasteiger partial charge in [0.2, 0.25) is 5.91 Å². The molecular weight excluding hydrogens is 320 g/mol. The van der Waals surface area contributed by atoms with Crippen molar-refractivity contribution in [3.05, 3.63) is 24.2 Å². The molecule has 1 unspecified atom stereocenters. The fourth-order valence-corrected chi connectivity index (χ4v) is 3.86. The lowest BCUT2D eigenvalue weighted by Gasteiger charge is -2.32. The van der Waals surface area contributed by atoms with Crippen molar-refractivity contribution in [2.45, 2.75) is 38.1 Å². The third-order valence-corrected chi connectivity index (χ3v) is 5.29. The summed E-state index contributed by atoms with van der Waals surface area (Å²) in [6.45, 7) is 3.99. The van der Waals surface area contributed by atoms with Crippen molar-refractivity contribution in [1.29, 1.82) is 0 Å². The van der Waals surface area contributed by atoms with Crippen LogP contribution >= 0.6 is 0 Å². The Labute approximate surface area is 148 Å². The van der Waals surface area contributed by atoms with Crippen LogP contribution in [0.15, 0.2) is 22.8 Å². The van der Waals surface area contributed by atoms with Gasteiger partial charge in [-0.25, -0.2) is 4.79 Å². The molecule has 0 spiro atoms. The average Bonchev–Trinajstić information content (AvgIpc) is 3.29. The molecule has 138 valence electrons. The molecule has 1 aromatic heterocycles. The molecule has 7 heteroatoms. The minimum Gasteiger partial charge on any atom is -0.468 e. The number of hydrogen-bond donors (Lipinski definition) is 2. The molecule has 1 aromatic rings.